The van der Waals surface area contributed by atoms with Crippen molar-refractivity contribution in [3.8, 4) is 5.75 Å². The Hall–Kier alpha value is -2.10. The van der Waals surface area contributed by atoms with Gasteiger partial charge in [-0.3, -0.25) is 0 Å². The summed E-state index contributed by atoms with van der Waals surface area (Å²) in [6.45, 7) is -1.99. The van der Waals surface area contributed by atoms with Gasteiger partial charge in [-0.25, -0.2) is 8.42 Å². The molecule has 2 fully saturated rings. The van der Waals surface area contributed by atoms with Crippen molar-refractivity contribution in [3.63, 3.8) is 0 Å². The van der Waals surface area contributed by atoms with Gasteiger partial charge in [0.2, 0.25) is 0 Å². The summed E-state index contributed by atoms with van der Waals surface area (Å²) in [5.74, 6) is -17.1. The third-order valence-electron chi connectivity index (χ3n) is 7.72. The highest BCUT2D eigenvalue weighted by atomic mass is 32.3. The summed E-state index contributed by atoms with van der Waals surface area (Å²) in [6.07, 6.45) is 3.30. The van der Waals surface area contributed by atoms with Gasteiger partial charge in [0.15, 0.2) is 0 Å². The number of nitrogens with zero attached hydrogens (tertiary/aromatic N) is 1. The van der Waals surface area contributed by atoms with Gasteiger partial charge in [0.25, 0.3) is 10.0 Å². The van der Waals surface area contributed by atoms with E-state index in [1.165, 1.54) is 0 Å². The van der Waals surface area contributed by atoms with E-state index in [1.807, 2.05) is 0 Å². The van der Waals surface area contributed by atoms with E-state index < -0.39 is 96.4 Å². The average molecular weight is 832 g/mol. The number of benzene rings is 1. The van der Waals surface area contributed by atoms with Crippen molar-refractivity contribution in [3.05, 3.63) is 29.8 Å². The Morgan fingerprint density at radius 1 is 0.520 bits per heavy atom. The lowest BCUT2D eigenvalue weighted by Crippen LogP contribution is -2.65. The van der Waals surface area contributed by atoms with Gasteiger partial charge in [-0.1, -0.05) is 37.8 Å². The molecule has 0 unspecified atom stereocenters. The minimum atomic E-state index is -8.74. The number of halogens is 12. The Kier molecular flexibility index (Phi) is 11.3. The van der Waals surface area contributed by atoms with Gasteiger partial charge in [-0.05, 0) is 49.3 Å². The molecule has 0 radical (unpaired) electrons. The Morgan fingerprint density at radius 2 is 0.900 bits per heavy atom. The van der Waals surface area contributed by atoms with Crippen LogP contribution < -0.4 is 4.18 Å². The summed E-state index contributed by atoms with van der Waals surface area (Å²) in [6, 6.07) is 3.41. The van der Waals surface area contributed by atoms with Crippen LogP contribution in [0.1, 0.15) is 62.8 Å². The minimum absolute atomic E-state index is 0.0991. The first-order valence-electron chi connectivity index (χ1n) is 13.9. The summed E-state index contributed by atoms with van der Waals surface area (Å²) >= 11 is 0. The van der Waals surface area contributed by atoms with Crippen molar-refractivity contribution in [2.45, 2.75) is 90.1 Å². The van der Waals surface area contributed by atoms with Crippen LogP contribution in [0.15, 0.2) is 24.3 Å². The van der Waals surface area contributed by atoms with E-state index in [2.05, 4.69) is 7.81 Å². The molecule has 0 spiro atoms. The van der Waals surface area contributed by atoms with Gasteiger partial charge in [0.1, 0.15) is 5.75 Å². The predicted molar refractivity (Wildman–Crippen MR) is 145 cm³/mol. The monoisotopic (exact) mass is 831 g/mol. The molecule has 50 heavy (non-hydrogen) atoms. The van der Waals surface area contributed by atoms with E-state index >= 15 is 0 Å². The van der Waals surface area contributed by atoms with Crippen LogP contribution in [-0.4, -0.2) is 83.9 Å². The Labute approximate surface area is 277 Å². The molecule has 1 heterocycles. The zero-order valence-corrected chi connectivity index (χ0v) is 27.9. The number of sulfonamides is 1. The lowest BCUT2D eigenvalue weighted by molar-refractivity contribution is -0.249. The quantitative estimate of drug-likeness (QED) is 0.171. The highest BCUT2D eigenvalue weighted by molar-refractivity contribution is 8.01. The number of hydrogen-bond acceptors (Lipinski definition) is 10. The lowest BCUT2D eigenvalue weighted by Gasteiger charge is -2.35. The molecule has 0 atom stereocenters. The van der Waals surface area contributed by atoms with Gasteiger partial charge in [-0.2, -0.15) is 82.2 Å². The number of alkyl halides is 12. The Balaban J connectivity index is 1.93. The molecule has 0 amide bonds. The summed E-state index contributed by atoms with van der Waals surface area (Å²) in [5.41, 5.74) is 0.492. The molecule has 1 saturated heterocycles. The molecule has 1 aliphatic carbocycles. The molecule has 1 aliphatic heterocycles. The van der Waals surface area contributed by atoms with Crippen molar-refractivity contribution < 1.29 is 94.2 Å². The predicted octanol–water partition coefficient (Wildman–Crippen LogP) is 5.58. The molecule has 1 aromatic rings. The van der Waals surface area contributed by atoms with Crippen LogP contribution in [0, 0.1) is 0 Å². The van der Waals surface area contributed by atoms with Gasteiger partial charge >= 0.3 is 63.2 Å². The van der Waals surface area contributed by atoms with Crippen LogP contribution >= 0.6 is 0 Å². The second-order valence-electron chi connectivity index (χ2n) is 11.1. The maximum atomic E-state index is 14.5. The van der Waals surface area contributed by atoms with Crippen LogP contribution in [0.2, 0.25) is 0 Å². The third-order valence-corrected chi connectivity index (χ3v) is 14.2. The largest absolute Gasteiger partial charge is 0.450 e. The Morgan fingerprint density at radius 3 is 1.34 bits per heavy atom. The molecular weight excluding hydrogens is 806 g/mol. The molecule has 0 bridgehead atoms. The number of piperidine rings is 1. The van der Waals surface area contributed by atoms with Crippen molar-refractivity contribution in [2.24, 2.45) is 0 Å². The average Bonchev–Trinajstić information content (AvgIpc) is 3.00. The third kappa shape index (κ3) is 6.77. The fourth-order valence-electron chi connectivity index (χ4n) is 4.85. The van der Waals surface area contributed by atoms with Crippen molar-refractivity contribution >= 4 is 40.4 Å². The molecule has 27 heteroatoms. The van der Waals surface area contributed by atoms with Crippen molar-refractivity contribution in [1.82, 2.24) is 4.31 Å². The van der Waals surface area contributed by atoms with E-state index in [9.17, 15) is 86.4 Å². The maximum Gasteiger partial charge on any atom is 0.450 e. The fraction of sp³-hybridized carbons (Fsp3) is 0.739. The van der Waals surface area contributed by atoms with Gasteiger partial charge < -0.3 is 4.18 Å². The minimum Gasteiger partial charge on any atom is -0.378 e. The normalized spacial score (nSPS) is 19.4. The van der Waals surface area contributed by atoms with Crippen LogP contribution in [0.3, 0.4) is 0 Å². The van der Waals surface area contributed by atoms with E-state index in [1.54, 1.807) is 0 Å². The van der Waals surface area contributed by atoms with Crippen LogP contribution in [0.4, 0.5) is 52.7 Å². The molecule has 1 aromatic carbocycles. The first-order chi connectivity index (χ1) is 22.4. The van der Waals surface area contributed by atoms with Gasteiger partial charge in [0, 0.05) is 13.1 Å². The highest BCUT2D eigenvalue weighted by Crippen LogP contribution is 2.55. The number of rotatable bonds is 14. The van der Waals surface area contributed by atoms with E-state index in [0.29, 0.717) is 30.5 Å². The van der Waals surface area contributed by atoms with Crippen LogP contribution in [0.25, 0.3) is 0 Å². The number of hydrogen-bond donors (Lipinski definition) is 0. The van der Waals surface area contributed by atoms with E-state index in [4.69, 9.17) is 0 Å². The van der Waals surface area contributed by atoms with Crippen LogP contribution in [-0.2, 0) is 44.0 Å². The highest BCUT2D eigenvalue weighted by Gasteiger charge is 2.87. The summed E-state index contributed by atoms with van der Waals surface area (Å²) in [5, 5.41) is -30.5. The maximum absolute atomic E-state index is 14.5. The van der Waals surface area contributed by atoms with E-state index in [0.717, 1.165) is 31.4 Å². The topological polar surface area (TPSA) is 158 Å². The molecule has 1 saturated carbocycles. The van der Waals surface area contributed by atoms with Crippen LogP contribution in [0.5, 0.6) is 5.75 Å². The molecule has 2 aliphatic rings. The first-order valence-corrected chi connectivity index (χ1v) is 19.5. The molecule has 0 N–H and O–H groups in total. The second kappa shape index (κ2) is 13.4. The Bertz CT molecular complexity index is 1840. The molecule has 11 nitrogen and oxygen atoms in total. The van der Waals surface area contributed by atoms with E-state index in [-0.39, 0.29) is 25.2 Å². The summed E-state index contributed by atoms with van der Waals surface area (Å²) < 4.78 is 274. The summed E-state index contributed by atoms with van der Waals surface area (Å²) in [7, 11) is -31.9. The zero-order valence-electron chi connectivity index (χ0n) is 24.7. The smallest absolute Gasteiger partial charge is 0.378 e. The molecule has 290 valence electrons. The first kappa shape index (κ1) is 42.3. The lowest BCUT2D eigenvalue weighted by atomic mass is 9.84. The zero-order chi connectivity index (χ0) is 38.6. The summed E-state index contributed by atoms with van der Waals surface area (Å²) in [4.78, 5) is 0. The molecule has 0 aromatic heterocycles. The van der Waals surface area contributed by atoms with Crippen molar-refractivity contribution in [2.75, 3.05) is 13.1 Å². The SMILES string of the molecule is O=S(=O)(Oc1ccc(C2CCCCC2)cc1)C(F)(F)C(F)(F)C(F)(F)S(=O)(=O)OS(=O)(=O)C(F)(F)C(F)(F)C(F)(F)S(=O)(=O)N1CCCCC1. The standard InChI is InChI=1S/C23H25F12NO10S4/c24-18(25,20(28,29)47(37,38)36-13-5-2-6-14-36)22(32,33)49(41,42)46-50(43,44)23(34,35)19(26,27)21(30,31)48(39,40)45-17-11-9-16(10-12-17)15-7-3-1-4-8-15/h9-12,15H,1-8,13-14H2. The fourth-order valence-corrected chi connectivity index (χ4v) is 9.92. The molecular formula is C23H25F12NO10S4. The van der Waals surface area contributed by atoms with Crippen molar-refractivity contribution in [1.29, 1.82) is 0 Å². The second-order valence-corrected chi connectivity index (χ2v) is 18.1. The van der Waals surface area contributed by atoms with Gasteiger partial charge in [0.05, 0.1) is 0 Å². The van der Waals surface area contributed by atoms with Gasteiger partial charge in [-0.15, -0.1) is 3.63 Å². The molecule has 3 rings (SSSR count).